The number of aliphatic hydroxyl groups excluding tert-OH is 1. The SMILES string of the molecule is Cc1cccc(OC2CCCC2)c1C(C)(C)CO. The van der Waals surface area contributed by atoms with Crippen LogP contribution in [0, 0.1) is 6.92 Å². The van der Waals surface area contributed by atoms with E-state index < -0.39 is 0 Å². The van der Waals surface area contributed by atoms with E-state index in [4.69, 9.17) is 4.74 Å². The number of rotatable bonds is 4. The van der Waals surface area contributed by atoms with Crippen LogP contribution in [0.4, 0.5) is 0 Å². The van der Waals surface area contributed by atoms with Gasteiger partial charge in [-0.05, 0) is 44.2 Å². The third kappa shape index (κ3) is 2.69. The van der Waals surface area contributed by atoms with Crippen molar-refractivity contribution in [1.82, 2.24) is 0 Å². The van der Waals surface area contributed by atoms with Crippen LogP contribution in [0.2, 0.25) is 0 Å². The van der Waals surface area contributed by atoms with Crippen molar-refractivity contribution >= 4 is 0 Å². The normalized spacial score (nSPS) is 17.1. The maximum absolute atomic E-state index is 9.60. The van der Waals surface area contributed by atoms with Crippen molar-refractivity contribution in [1.29, 1.82) is 0 Å². The van der Waals surface area contributed by atoms with Gasteiger partial charge in [-0.1, -0.05) is 26.0 Å². The van der Waals surface area contributed by atoms with Crippen LogP contribution in [0.15, 0.2) is 18.2 Å². The van der Waals surface area contributed by atoms with Gasteiger partial charge in [0.15, 0.2) is 0 Å². The second-order valence-electron chi connectivity index (χ2n) is 6.01. The summed E-state index contributed by atoms with van der Waals surface area (Å²) in [6.07, 6.45) is 5.23. The van der Waals surface area contributed by atoms with E-state index in [0.717, 1.165) is 24.2 Å². The molecule has 0 amide bonds. The van der Waals surface area contributed by atoms with Gasteiger partial charge in [0.2, 0.25) is 0 Å². The summed E-state index contributed by atoms with van der Waals surface area (Å²) in [5.41, 5.74) is 2.10. The summed E-state index contributed by atoms with van der Waals surface area (Å²) in [7, 11) is 0. The Bertz CT molecular complexity index is 404. The van der Waals surface area contributed by atoms with Crippen molar-refractivity contribution in [3.8, 4) is 5.75 Å². The predicted molar refractivity (Wildman–Crippen MR) is 74.2 cm³/mol. The zero-order chi connectivity index (χ0) is 13.2. The van der Waals surface area contributed by atoms with Crippen molar-refractivity contribution in [2.24, 2.45) is 0 Å². The molecule has 2 heteroatoms. The van der Waals surface area contributed by atoms with Crippen LogP contribution in [0.5, 0.6) is 5.75 Å². The van der Waals surface area contributed by atoms with Gasteiger partial charge in [0.05, 0.1) is 12.7 Å². The van der Waals surface area contributed by atoms with Crippen LogP contribution in [0.3, 0.4) is 0 Å². The monoisotopic (exact) mass is 248 g/mol. The van der Waals surface area contributed by atoms with Crippen molar-refractivity contribution in [3.63, 3.8) is 0 Å². The highest BCUT2D eigenvalue weighted by Crippen LogP contribution is 2.36. The molecule has 1 aromatic carbocycles. The number of hydrogen-bond acceptors (Lipinski definition) is 2. The van der Waals surface area contributed by atoms with Gasteiger partial charge in [-0.2, -0.15) is 0 Å². The van der Waals surface area contributed by atoms with Crippen LogP contribution in [0.25, 0.3) is 0 Å². The molecule has 1 aliphatic carbocycles. The molecular formula is C16H24O2. The van der Waals surface area contributed by atoms with Crippen molar-refractivity contribution < 1.29 is 9.84 Å². The lowest BCUT2D eigenvalue weighted by atomic mass is 9.82. The average molecular weight is 248 g/mol. The Kier molecular flexibility index (Phi) is 3.96. The first-order valence-electron chi connectivity index (χ1n) is 6.92. The first-order chi connectivity index (χ1) is 8.54. The van der Waals surface area contributed by atoms with Crippen molar-refractivity contribution in [2.45, 2.75) is 58.0 Å². The Morgan fingerprint density at radius 3 is 2.56 bits per heavy atom. The van der Waals surface area contributed by atoms with Gasteiger partial charge in [0, 0.05) is 11.0 Å². The number of aliphatic hydroxyl groups is 1. The zero-order valence-corrected chi connectivity index (χ0v) is 11.7. The number of aryl methyl sites for hydroxylation is 1. The summed E-state index contributed by atoms with van der Waals surface area (Å²) in [4.78, 5) is 0. The van der Waals surface area contributed by atoms with E-state index in [1.807, 2.05) is 12.1 Å². The lowest BCUT2D eigenvalue weighted by Crippen LogP contribution is -2.25. The van der Waals surface area contributed by atoms with Gasteiger partial charge in [0.25, 0.3) is 0 Å². The third-order valence-corrected chi connectivity index (χ3v) is 3.90. The number of ether oxygens (including phenoxy) is 1. The average Bonchev–Trinajstić information content (AvgIpc) is 2.81. The Labute approximate surface area is 110 Å². The van der Waals surface area contributed by atoms with Crippen LogP contribution >= 0.6 is 0 Å². The molecule has 0 spiro atoms. The van der Waals surface area contributed by atoms with Gasteiger partial charge in [0.1, 0.15) is 5.75 Å². The Balaban J connectivity index is 2.31. The minimum atomic E-state index is -0.251. The second kappa shape index (κ2) is 5.31. The van der Waals surface area contributed by atoms with E-state index >= 15 is 0 Å². The summed E-state index contributed by atoms with van der Waals surface area (Å²) in [5.74, 6) is 0.959. The molecule has 0 aliphatic heterocycles. The van der Waals surface area contributed by atoms with E-state index in [2.05, 4.69) is 26.8 Å². The molecule has 2 nitrogen and oxygen atoms in total. The fraction of sp³-hybridized carbons (Fsp3) is 0.625. The number of benzene rings is 1. The first-order valence-corrected chi connectivity index (χ1v) is 6.92. The van der Waals surface area contributed by atoms with Gasteiger partial charge in [-0.15, -0.1) is 0 Å². The van der Waals surface area contributed by atoms with Crippen molar-refractivity contribution in [3.05, 3.63) is 29.3 Å². The molecule has 0 atom stereocenters. The molecule has 0 aromatic heterocycles. The maximum Gasteiger partial charge on any atom is 0.123 e. The lowest BCUT2D eigenvalue weighted by molar-refractivity contribution is 0.188. The largest absolute Gasteiger partial charge is 0.490 e. The highest BCUT2D eigenvalue weighted by Gasteiger charge is 2.27. The first kappa shape index (κ1) is 13.4. The Morgan fingerprint density at radius 2 is 1.94 bits per heavy atom. The highest BCUT2D eigenvalue weighted by atomic mass is 16.5. The Morgan fingerprint density at radius 1 is 1.28 bits per heavy atom. The fourth-order valence-electron chi connectivity index (χ4n) is 2.87. The standard InChI is InChI=1S/C16H24O2/c1-12-7-6-10-14(15(12)16(2,3)11-17)18-13-8-4-5-9-13/h6-7,10,13,17H,4-5,8-9,11H2,1-3H3. The molecular weight excluding hydrogens is 224 g/mol. The predicted octanol–water partition coefficient (Wildman–Crippen LogP) is 3.59. The summed E-state index contributed by atoms with van der Waals surface area (Å²) in [6.45, 7) is 6.36. The minimum absolute atomic E-state index is 0.138. The molecule has 0 bridgehead atoms. The van der Waals surface area contributed by atoms with E-state index in [9.17, 15) is 5.11 Å². The summed E-state index contributed by atoms with van der Waals surface area (Å²) >= 11 is 0. The lowest BCUT2D eigenvalue weighted by Gasteiger charge is -2.28. The van der Waals surface area contributed by atoms with E-state index in [1.165, 1.54) is 18.4 Å². The van der Waals surface area contributed by atoms with E-state index in [0.29, 0.717) is 6.10 Å². The molecule has 1 aromatic rings. The summed E-state index contributed by atoms with van der Waals surface area (Å²) in [5, 5.41) is 9.60. The Hall–Kier alpha value is -1.02. The van der Waals surface area contributed by atoms with Crippen molar-refractivity contribution in [2.75, 3.05) is 6.61 Å². The molecule has 0 heterocycles. The molecule has 2 rings (SSSR count). The highest BCUT2D eigenvalue weighted by molar-refractivity contribution is 5.44. The third-order valence-electron chi connectivity index (χ3n) is 3.90. The quantitative estimate of drug-likeness (QED) is 0.882. The zero-order valence-electron chi connectivity index (χ0n) is 11.7. The summed E-state index contributed by atoms with van der Waals surface area (Å²) in [6, 6.07) is 6.17. The van der Waals surface area contributed by atoms with Crippen LogP contribution in [-0.4, -0.2) is 17.8 Å². The second-order valence-corrected chi connectivity index (χ2v) is 6.01. The summed E-state index contributed by atoms with van der Waals surface area (Å²) < 4.78 is 6.16. The van der Waals surface area contributed by atoms with Crippen LogP contribution in [0.1, 0.15) is 50.7 Å². The van der Waals surface area contributed by atoms with Gasteiger partial charge in [-0.3, -0.25) is 0 Å². The van der Waals surface area contributed by atoms with Gasteiger partial charge >= 0.3 is 0 Å². The topological polar surface area (TPSA) is 29.5 Å². The molecule has 0 unspecified atom stereocenters. The molecule has 1 fully saturated rings. The molecule has 1 N–H and O–H groups in total. The van der Waals surface area contributed by atoms with E-state index in [-0.39, 0.29) is 12.0 Å². The van der Waals surface area contributed by atoms with Gasteiger partial charge < -0.3 is 9.84 Å². The van der Waals surface area contributed by atoms with E-state index in [1.54, 1.807) is 0 Å². The van der Waals surface area contributed by atoms with Crippen LogP contribution < -0.4 is 4.74 Å². The molecule has 1 aliphatic rings. The molecule has 1 saturated carbocycles. The fourth-order valence-corrected chi connectivity index (χ4v) is 2.87. The molecule has 0 radical (unpaired) electrons. The smallest absolute Gasteiger partial charge is 0.123 e. The van der Waals surface area contributed by atoms with Crippen LogP contribution in [-0.2, 0) is 5.41 Å². The molecule has 100 valence electrons. The number of hydrogen-bond donors (Lipinski definition) is 1. The molecule has 18 heavy (non-hydrogen) atoms. The maximum atomic E-state index is 9.60. The van der Waals surface area contributed by atoms with Gasteiger partial charge in [-0.25, -0.2) is 0 Å². The molecule has 0 saturated heterocycles. The minimum Gasteiger partial charge on any atom is -0.490 e.